The summed E-state index contributed by atoms with van der Waals surface area (Å²) in [4.78, 5) is 12.1. The Labute approximate surface area is 184 Å². The first-order valence-corrected chi connectivity index (χ1v) is 11.3. The summed E-state index contributed by atoms with van der Waals surface area (Å²) < 4.78 is 40.9. The topological polar surface area (TPSA) is 41.6 Å². The van der Waals surface area contributed by atoms with Gasteiger partial charge in [-0.15, -0.1) is 0 Å². The van der Waals surface area contributed by atoms with E-state index in [1.54, 1.807) is 12.1 Å². The summed E-state index contributed by atoms with van der Waals surface area (Å²) in [5.74, 6) is 1.55. The number of hydrogen-bond donors (Lipinski definition) is 1. The Balaban J connectivity index is 1.20. The van der Waals surface area contributed by atoms with E-state index in [4.69, 9.17) is 0 Å². The molecule has 2 aliphatic carbocycles. The molecule has 2 aliphatic rings. The van der Waals surface area contributed by atoms with Crippen LogP contribution in [-0.2, 0) is 6.42 Å². The van der Waals surface area contributed by atoms with Crippen LogP contribution in [0.4, 0.5) is 13.2 Å². The second kappa shape index (κ2) is 7.32. The quantitative estimate of drug-likeness (QED) is 0.396. The molecule has 6 rings (SSSR count). The first kappa shape index (κ1) is 19.8. The van der Waals surface area contributed by atoms with Gasteiger partial charge >= 0.3 is 0 Å². The van der Waals surface area contributed by atoms with Crippen LogP contribution in [0.2, 0.25) is 0 Å². The SMILES string of the molecule is C[C@H](Cc1nc2cc(F)c(F)cc2[nH]1)C1CC2CC1CC2c1ccnc2ccc(F)cc12. The van der Waals surface area contributed by atoms with E-state index in [9.17, 15) is 13.2 Å². The maximum absolute atomic E-state index is 13.9. The van der Waals surface area contributed by atoms with Gasteiger partial charge < -0.3 is 4.98 Å². The minimum atomic E-state index is -0.869. The van der Waals surface area contributed by atoms with Gasteiger partial charge in [-0.1, -0.05) is 6.92 Å². The number of benzene rings is 2. The highest BCUT2D eigenvalue weighted by atomic mass is 19.2. The lowest BCUT2D eigenvalue weighted by atomic mass is 9.73. The second-order valence-corrected chi connectivity index (χ2v) is 9.71. The Morgan fingerprint density at radius 1 is 0.969 bits per heavy atom. The summed E-state index contributed by atoms with van der Waals surface area (Å²) in [6.07, 6.45) is 6.08. The van der Waals surface area contributed by atoms with Gasteiger partial charge in [0, 0.05) is 30.1 Å². The fourth-order valence-corrected chi connectivity index (χ4v) is 6.47. The largest absolute Gasteiger partial charge is 0.342 e. The van der Waals surface area contributed by atoms with Crippen LogP contribution in [0.1, 0.15) is 43.5 Å². The number of fused-ring (bicyclic) bond motifs is 4. The van der Waals surface area contributed by atoms with Crippen LogP contribution in [0, 0.1) is 41.1 Å². The average Bonchev–Trinajstić information content (AvgIpc) is 3.47. The van der Waals surface area contributed by atoms with Crippen LogP contribution in [0.15, 0.2) is 42.6 Å². The van der Waals surface area contributed by atoms with Gasteiger partial charge in [0.1, 0.15) is 11.6 Å². The average molecular weight is 435 g/mol. The summed E-state index contributed by atoms with van der Waals surface area (Å²) in [6, 6.07) is 9.25. The Hall–Kier alpha value is -2.89. The van der Waals surface area contributed by atoms with Crippen molar-refractivity contribution in [2.45, 2.75) is 38.5 Å². The number of aromatic nitrogens is 3. The highest BCUT2D eigenvalue weighted by Crippen LogP contribution is 2.58. The van der Waals surface area contributed by atoms with Crippen molar-refractivity contribution in [1.82, 2.24) is 15.0 Å². The Bertz CT molecular complexity index is 1290. The first-order chi connectivity index (χ1) is 15.5. The summed E-state index contributed by atoms with van der Waals surface area (Å²) in [6.45, 7) is 2.26. The number of hydrogen-bond acceptors (Lipinski definition) is 2. The van der Waals surface area contributed by atoms with Crippen LogP contribution in [0.25, 0.3) is 21.9 Å². The van der Waals surface area contributed by atoms with Gasteiger partial charge in [-0.3, -0.25) is 4.98 Å². The highest BCUT2D eigenvalue weighted by Gasteiger charge is 2.48. The number of nitrogens with one attached hydrogen (secondary N) is 1. The molecule has 2 aromatic heterocycles. The molecule has 1 N–H and O–H groups in total. The summed E-state index contributed by atoms with van der Waals surface area (Å²) >= 11 is 0. The molecule has 6 heteroatoms. The van der Waals surface area contributed by atoms with E-state index in [0.29, 0.717) is 40.6 Å². The Kier molecular flexibility index (Phi) is 4.52. The summed E-state index contributed by atoms with van der Waals surface area (Å²) in [5, 5.41) is 0.941. The van der Waals surface area contributed by atoms with Crippen LogP contribution in [0.5, 0.6) is 0 Å². The van der Waals surface area contributed by atoms with Crippen molar-refractivity contribution in [2.24, 2.45) is 23.7 Å². The fraction of sp³-hybridized carbons (Fsp3) is 0.385. The van der Waals surface area contributed by atoms with E-state index in [1.165, 1.54) is 24.1 Å². The fourth-order valence-electron chi connectivity index (χ4n) is 6.47. The molecule has 0 saturated heterocycles. The number of imidazole rings is 1. The predicted octanol–water partition coefficient (Wildman–Crippen LogP) is 6.54. The molecule has 5 atom stereocenters. The Morgan fingerprint density at radius 2 is 1.81 bits per heavy atom. The first-order valence-electron chi connectivity index (χ1n) is 11.3. The zero-order valence-electron chi connectivity index (χ0n) is 17.8. The maximum Gasteiger partial charge on any atom is 0.161 e. The second-order valence-electron chi connectivity index (χ2n) is 9.71. The van der Waals surface area contributed by atoms with Crippen molar-refractivity contribution in [2.75, 3.05) is 0 Å². The smallest absolute Gasteiger partial charge is 0.161 e. The molecule has 2 aromatic carbocycles. The number of H-pyrrole nitrogens is 1. The molecule has 0 radical (unpaired) electrons. The molecule has 164 valence electrons. The molecule has 2 bridgehead atoms. The van der Waals surface area contributed by atoms with E-state index in [1.807, 2.05) is 6.20 Å². The molecular formula is C26H24F3N3. The number of nitrogens with zero attached hydrogens (tertiary/aromatic N) is 2. The van der Waals surface area contributed by atoms with E-state index < -0.39 is 11.6 Å². The normalized spacial score (nSPS) is 25.8. The van der Waals surface area contributed by atoms with Gasteiger partial charge in [0.25, 0.3) is 0 Å². The Morgan fingerprint density at radius 3 is 2.62 bits per heavy atom. The number of rotatable bonds is 4. The molecule has 3 nitrogen and oxygen atoms in total. The van der Waals surface area contributed by atoms with Crippen LogP contribution in [-0.4, -0.2) is 15.0 Å². The molecule has 4 unspecified atom stereocenters. The van der Waals surface area contributed by atoms with Crippen LogP contribution >= 0.6 is 0 Å². The molecule has 4 aromatic rings. The van der Waals surface area contributed by atoms with Gasteiger partial charge in [-0.05, 0) is 78.7 Å². The predicted molar refractivity (Wildman–Crippen MR) is 118 cm³/mol. The van der Waals surface area contributed by atoms with Crippen molar-refractivity contribution in [3.63, 3.8) is 0 Å². The molecule has 2 heterocycles. The maximum atomic E-state index is 13.9. The van der Waals surface area contributed by atoms with Gasteiger partial charge in [-0.25, -0.2) is 18.2 Å². The monoisotopic (exact) mass is 435 g/mol. The van der Waals surface area contributed by atoms with E-state index >= 15 is 0 Å². The van der Waals surface area contributed by atoms with E-state index in [0.717, 1.165) is 42.1 Å². The zero-order valence-corrected chi connectivity index (χ0v) is 17.8. The van der Waals surface area contributed by atoms with Gasteiger partial charge in [-0.2, -0.15) is 0 Å². The molecule has 0 spiro atoms. The molecule has 2 saturated carbocycles. The number of pyridine rings is 1. The van der Waals surface area contributed by atoms with Crippen molar-refractivity contribution in [3.8, 4) is 0 Å². The minimum absolute atomic E-state index is 0.216. The lowest BCUT2D eigenvalue weighted by Crippen LogP contribution is -2.24. The van der Waals surface area contributed by atoms with Crippen LogP contribution in [0.3, 0.4) is 0 Å². The number of aromatic amines is 1. The minimum Gasteiger partial charge on any atom is -0.342 e. The van der Waals surface area contributed by atoms with Crippen molar-refractivity contribution >= 4 is 21.9 Å². The third kappa shape index (κ3) is 3.19. The molecular weight excluding hydrogens is 411 g/mol. The molecule has 0 aliphatic heterocycles. The molecule has 2 fully saturated rings. The zero-order chi connectivity index (χ0) is 22.0. The van der Waals surface area contributed by atoms with Crippen molar-refractivity contribution < 1.29 is 13.2 Å². The van der Waals surface area contributed by atoms with Crippen LogP contribution < -0.4 is 0 Å². The third-order valence-corrected chi connectivity index (χ3v) is 7.87. The van der Waals surface area contributed by atoms with Gasteiger partial charge in [0.2, 0.25) is 0 Å². The van der Waals surface area contributed by atoms with Gasteiger partial charge in [0.15, 0.2) is 11.6 Å². The highest BCUT2D eigenvalue weighted by molar-refractivity contribution is 5.82. The molecule has 0 amide bonds. The number of halogens is 3. The van der Waals surface area contributed by atoms with Crippen molar-refractivity contribution in [3.05, 3.63) is 71.4 Å². The summed E-state index contributed by atoms with van der Waals surface area (Å²) in [7, 11) is 0. The molecule has 32 heavy (non-hydrogen) atoms. The van der Waals surface area contributed by atoms with Crippen molar-refractivity contribution in [1.29, 1.82) is 0 Å². The lowest BCUT2D eigenvalue weighted by molar-refractivity contribution is 0.224. The lowest BCUT2D eigenvalue weighted by Gasteiger charge is -2.32. The van der Waals surface area contributed by atoms with E-state index in [-0.39, 0.29) is 5.82 Å². The third-order valence-electron chi connectivity index (χ3n) is 7.87. The van der Waals surface area contributed by atoms with Gasteiger partial charge in [0.05, 0.1) is 16.6 Å². The summed E-state index contributed by atoms with van der Waals surface area (Å²) in [5.41, 5.74) is 3.09. The van der Waals surface area contributed by atoms with E-state index in [2.05, 4.69) is 27.9 Å². The standard InChI is InChI=1S/C26H24F3N3/c1-13(6-26-31-24-11-21(28)22(29)12-25(24)32-26)18-8-15-7-14(18)9-19(15)17-4-5-30-23-3-2-16(27)10-20(17)23/h2-5,10-15,18-19H,6-9H2,1H3,(H,31,32)/t13-,14?,15?,18?,19?/m1/s1.